The Morgan fingerprint density at radius 3 is 2.62 bits per heavy atom. The summed E-state index contributed by atoms with van der Waals surface area (Å²) in [5.41, 5.74) is 1.33. The number of nitrogens with zero attached hydrogens (tertiary/aromatic N) is 2. The highest BCUT2D eigenvalue weighted by atomic mass is 79.9. The summed E-state index contributed by atoms with van der Waals surface area (Å²) >= 11 is 6.65. The summed E-state index contributed by atoms with van der Waals surface area (Å²) in [5.74, 6) is 0. The van der Waals surface area contributed by atoms with Gasteiger partial charge in [-0.1, -0.05) is 38.3 Å². The molecule has 1 saturated carbocycles. The second-order valence-corrected chi connectivity index (χ2v) is 5.37. The van der Waals surface area contributed by atoms with Crippen molar-refractivity contribution in [1.29, 1.82) is 0 Å². The molecule has 2 atom stereocenters. The smallest absolute Gasteiger partial charge is 0.265 e. The van der Waals surface area contributed by atoms with Crippen molar-refractivity contribution in [2.75, 3.05) is 10.7 Å². The lowest BCUT2D eigenvalue weighted by molar-refractivity contribution is -0.564. The van der Waals surface area contributed by atoms with Crippen molar-refractivity contribution in [3.63, 3.8) is 0 Å². The highest BCUT2D eigenvalue weighted by molar-refractivity contribution is 9.09. The summed E-state index contributed by atoms with van der Waals surface area (Å²) in [6.45, 7) is 0. The number of hydrogen-bond acceptors (Lipinski definition) is 3. The van der Waals surface area contributed by atoms with Crippen LogP contribution in [0.2, 0.25) is 0 Å². The monoisotopic (exact) mass is 353 g/mol. The lowest BCUT2D eigenvalue weighted by Gasteiger charge is -2.36. The van der Waals surface area contributed by atoms with E-state index in [-0.39, 0.29) is 12.1 Å². The molecule has 2 aliphatic rings. The van der Waals surface area contributed by atoms with Crippen LogP contribution in [0.4, 0.5) is 0 Å². The Morgan fingerprint density at radius 1 is 1.31 bits per heavy atom. The fourth-order valence-corrected chi connectivity index (χ4v) is 3.74. The third-order valence-electron chi connectivity index (χ3n) is 3.44. The predicted molar refractivity (Wildman–Crippen MR) is 67.9 cm³/mol. The second kappa shape index (κ2) is 5.14. The van der Waals surface area contributed by atoms with E-state index in [1.165, 1.54) is 5.06 Å². The van der Waals surface area contributed by atoms with Crippen LogP contribution in [0.15, 0.2) is 11.4 Å². The molecular formula is C10H15Br2N2O2+. The summed E-state index contributed by atoms with van der Waals surface area (Å²) < 4.78 is 1.10. The van der Waals surface area contributed by atoms with Gasteiger partial charge in [-0.3, -0.25) is 5.21 Å². The molecule has 0 spiro atoms. The van der Waals surface area contributed by atoms with Gasteiger partial charge in [0.1, 0.15) is 11.7 Å². The summed E-state index contributed by atoms with van der Waals surface area (Å²) in [7, 11) is 0. The van der Waals surface area contributed by atoms with E-state index in [1.54, 1.807) is 0 Å². The van der Waals surface area contributed by atoms with Crippen LogP contribution in [0.5, 0.6) is 0 Å². The lowest BCUT2D eigenvalue weighted by atomic mass is 9.88. The first-order valence-corrected chi connectivity index (χ1v) is 7.73. The number of rotatable bonds is 2. The predicted octanol–water partition coefficient (Wildman–Crippen LogP) is 2.78. The highest BCUT2D eigenvalue weighted by Crippen LogP contribution is 2.34. The van der Waals surface area contributed by atoms with E-state index in [9.17, 15) is 10.1 Å². The van der Waals surface area contributed by atoms with Crippen LogP contribution in [0.1, 0.15) is 25.7 Å². The number of fused-ring (bicyclic) bond motifs is 1. The van der Waals surface area contributed by atoms with Crippen LogP contribution in [0.3, 0.4) is 0 Å². The number of halogens is 2. The van der Waals surface area contributed by atoms with Crippen LogP contribution in [0, 0.1) is 4.91 Å². The fraction of sp³-hybridized carbons (Fsp3) is 0.800. The number of hydroxylamine groups is 2. The number of nitroso groups, excluding NO2 is 1. The zero-order valence-electron chi connectivity index (χ0n) is 8.90. The lowest BCUT2D eigenvalue weighted by Crippen LogP contribution is -2.53. The molecule has 0 saturated heterocycles. The molecule has 0 amide bonds. The molecule has 0 aromatic carbocycles. The molecular weight excluding hydrogens is 340 g/mol. The van der Waals surface area contributed by atoms with Gasteiger partial charge in [0.15, 0.2) is 0 Å². The summed E-state index contributed by atoms with van der Waals surface area (Å²) in [5, 5.41) is 12.4. The molecule has 0 aromatic heterocycles. The minimum Gasteiger partial charge on any atom is -0.288 e. The van der Waals surface area contributed by atoms with E-state index < -0.39 is 0 Å². The third-order valence-corrected chi connectivity index (χ3v) is 4.50. The van der Waals surface area contributed by atoms with Gasteiger partial charge in [-0.25, -0.2) is 5.06 Å². The molecule has 6 heteroatoms. The van der Waals surface area contributed by atoms with Crippen LogP contribution in [-0.4, -0.2) is 37.8 Å². The van der Waals surface area contributed by atoms with E-state index in [4.69, 9.17) is 0 Å². The Morgan fingerprint density at radius 2 is 2.00 bits per heavy atom. The normalized spacial score (nSPS) is 30.7. The molecule has 0 aromatic rings. The van der Waals surface area contributed by atoms with Gasteiger partial charge in [-0.2, -0.15) is 0 Å². The van der Waals surface area contributed by atoms with Gasteiger partial charge in [0.05, 0.1) is 10.7 Å². The standard InChI is InChI=1S/C10H15Br2N2O2/c11-5-9-10(6-12)14(16)8-4-2-1-3-7(8)13(9)15/h7-8,15H,1-6H2/q+1/t7-,8+/m0/s1. The highest BCUT2D eigenvalue weighted by Gasteiger charge is 2.48. The van der Waals surface area contributed by atoms with E-state index in [2.05, 4.69) is 31.9 Å². The molecule has 0 bridgehead atoms. The van der Waals surface area contributed by atoms with Crippen LogP contribution >= 0.6 is 31.9 Å². The third kappa shape index (κ3) is 1.95. The van der Waals surface area contributed by atoms with Crippen molar-refractivity contribution < 1.29 is 9.97 Å². The molecule has 1 fully saturated rings. The maximum atomic E-state index is 12.2. The molecule has 1 aliphatic heterocycles. The first kappa shape index (κ1) is 12.5. The second-order valence-electron chi connectivity index (χ2n) is 4.25. The fourth-order valence-electron chi connectivity index (χ4n) is 2.58. The van der Waals surface area contributed by atoms with Crippen LogP contribution in [-0.2, 0) is 0 Å². The van der Waals surface area contributed by atoms with Crippen molar-refractivity contribution >= 4 is 31.9 Å². The molecule has 0 unspecified atom stereocenters. The van der Waals surface area contributed by atoms with Crippen molar-refractivity contribution in [2.24, 2.45) is 0 Å². The van der Waals surface area contributed by atoms with Crippen LogP contribution in [0.25, 0.3) is 0 Å². The first-order valence-electron chi connectivity index (χ1n) is 5.49. The minimum atomic E-state index is -0.0888. The van der Waals surface area contributed by atoms with Crippen LogP contribution < -0.4 is 0 Å². The molecule has 2 rings (SSSR count). The van der Waals surface area contributed by atoms with Gasteiger partial charge in [0.25, 0.3) is 5.70 Å². The molecule has 1 N–H and O–H groups in total. The Balaban J connectivity index is 2.37. The van der Waals surface area contributed by atoms with Crippen molar-refractivity contribution in [2.45, 2.75) is 37.8 Å². The van der Waals surface area contributed by atoms with Crippen molar-refractivity contribution in [3.8, 4) is 0 Å². The number of hydrogen-bond donors (Lipinski definition) is 1. The van der Waals surface area contributed by atoms with Gasteiger partial charge in [0.2, 0.25) is 6.04 Å². The molecule has 16 heavy (non-hydrogen) atoms. The van der Waals surface area contributed by atoms with Gasteiger partial charge >= 0.3 is 0 Å². The topological polar surface area (TPSA) is 43.5 Å². The van der Waals surface area contributed by atoms with Gasteiger partial charge < -0.3 is 0 Å². The Hall–Kier alpha value is 0.0600. The largest absolute Gasteiger partial charge is 0.288 e. The molecule has 90 valence electrons. The minimum absolute atomic E-state index is 0.0402. The van der Waals surface area contributed by atoms with Gasteiger partial charge in [-0.15, -0.1) is 0 Å². The number of alkyl halides is 2. The molecule has 0 radical (unpaired) electrons. The van der Waals surface area contributed by atoms with Crippen molar-refractivity contribution in [3.05, 3.63) is 16.3 Å². The molecule has 4 nitrogen and oxygen atoms in total. The van der Waals surface area contributed by atoms with E-state index in [1.807, 2.05) is 0 Å². The maximum Gasteiger partial charge on any atom is 0.265 e. The Kier molecular flexibility index (Phi) is 4.02. The van der Waals surface area contributed by atoms with Gasteiger partial charge in [-0.05, 0) is 12.8 Å². The van der Waals surface area contributed by atoms with Crippen molar-refractivity contribution in [1.82, 2.24) is 5.06 Å². The average molecular weight is 355 g/mol. The Labute approximate surface area is 111 Å². The molecule has 1 aliphatic carbocycles. The number of allylic oxidation sites excluding steroid dienone is 2. The van der Waals surface area contributed by atoms with E-state index in [0.29, 0.717) is 22.1 Å². The zero-order valence-corrected chi connectivity index (χ0v) is 12.1. The summed E-state index contributed by atoms with van der Waals surface area (Å²) in [6, 6.07) is -0.129. The maximum absolute atomic E-state index is 12.2. The zero-order chi connectivity index (χ0) is 11.7. The summed E-state index contributed by atoms with van der Waals surface area (Å²) in [4.78, 5) is 12.2. The van der Waals surface area contributed by atoms with E-state index in [0.717, 1.165) is 30.4 Å². The average Bonchev–Trinajstić information content (AvgIpc) is 2.33. The summed E-state index contributed by atoms with van der Waals surface area (Å²) in [6.07, 6.45) is 3.93. The SMILES string of the molecule is O=[N+]1C(CBr)=C(CBr)N(O)[C@H]2CCCC[C@H]21. The molecule has 1 heterocycles. The van der Waals surface area contributed by atoms with E-state index >= 15 is 0 Å². The first-order chi connectivity index (χ1) is 7.70. The Bertz CT molecular complexity index is 333. The van der Waals surface area contributed by atoms with Gasteiger partial charge in [0, 0.05) is 16.1 Å². The quantitative estimate of drug-likeness (QED) is 0.612.